The number of nitrogens with zero attached hydrogens (tertiary/aromatic N) is 2. The smallest absolute Gasteiger partial charge is 0.268 e. The zero-order valence-corrected chi connectivity index (χ0v) is 11.2. The summed E-state index contributed by atoms with van der Waals surface area (Å²) < 4.78 is 15.4. The number of aryl methyl sites for hydroxylation is 1. The molecule has 0 fully saturated rings. The Morgan fingerprint density at radius 3 is 2.94 bits per heavy atom. The highest BCUT2D eigenvalue weighted by molar-refractivity contribution is 9.10. The second kappa shape index (κ2) is 4.89. The first kappa shape index (κ1) is 12.8. The normalized spacial score (nSPS) is 10.6. The molecule has 0 atom stereocenters. The van der Waals surface area contributed by atoms with Crippen LogP contribution in [0.4, 0.5) is 10.1 Å². The second-order valence-electron chi connectivity index (χ2n) is 3.90. The van der Waals surface area contributed by atoms with Gasteiger partial charge in [-0.3, -0.25) is 9.36 Å². The fraction of sp³-hybridized carbons (Fsp3) is 0.167. The molecule has 2 rings (SSSR count). The molecule has 0 saturated carbocycles. The SMILES string of the molecule is Cc1ncn(Cc2cccc(N)c2F)c(=O)c1Br. The first-order valence-electron chi connectivity index (χ1n) is 5.25. The molecule has 0 unspecified atom stereocenters. The summed E-state index contributed by atoms with van der Waals surface area (Å²) in [6.07, 6.45) is 1.39. The van der Waals surface area contributed by atoms with Crippen LogP contribution < -0.4 is 11.3 Å². The van der Waals surface area contributed by atoms with E-state index in [0.29, 0.717) is 15.7 Å². The average Bonchev–Trinajstić information content (AvgIpc) is 2.35. The van der Waals surface area contributed by atoms with E-state index in [2.05, 4.69) is 20.9 Å². The van der Waals surface area contributed by atoms with Crippen LogP contribution >= 0.6 is 15.9 Å². The van der Waals surface area contributed by atoms with E-state index in [0.717, 1.165) is 0 Å². The van der Waals surface area contributed by atoms with E-state index in [9.17, 15) is 9.18 Å². The summed E-state index contributed by atoms with van der Waals surface area (Å²) in [7, 11) is 0. The van der Waals surface area contributed by atoms with E-state index in [-0.39, 0.29) is 17.8 Å². The minimum atomic E-state index is -0.499. The summed E-state index contributed by atoms with van der Waals surface area (Å²) in [5.41, 5.74) is 6.26. The summed E-state index contributed by atoms with van der Waals surface area (Å²) in [6.45, 7) is 1.82. The molecule has 0 bridgehead atoms. The number of rotatable bonds is 2. The third-order valence-corrected chi connectivity index (χ3v) is 3.52. The molecule has 6 heteroatoms. The second-order valence-corrected chi connectivity index (χ2v) is 4.69. The number of hydrogen-bond donors (Lipinski definition) is 1. The maximum Gasteiger partial charge on any atom is 0.268 e. The van der Waals surface area contributed by atoms with Crippen molar-refractivity contribution in [1.29, 1.82) is 0 Å². The van der Waals surface area contributed by atoms with Crippen LogP contribution in [0.3, 0.4) is 0 Å². The predicted molar refractivity (Wildman–Crippen MR) is 70.8 cm³/mol. The van der Waals surface area contributed by atoms with Gasteiger partial charge in [0.25, 0.3) is 5.56 Å². The Bertz CT molecular complexity index is 654. The van der Waals surface area contributed by atoms with Crippen molar-refractivity contribution in [3.63, 3.8) is 0 Å². The molecule has 1 aromatic heterocycles. The van der Waals surface area contributed by atoms with Gasteiger partial charge in [0.2, 0.25) is 0 Å². The lowest BCUT2D eigenvalue weighted by molar-refractivity contribution is 0.597. The Hall–Kier alpha value is -1.69. The van der Waals surface area contributed by atoms with Crippen LogP contribution in [-0.4, -0.2) is 9.55 Å². The van der Waals surface area contributed by atoms with Crippen molar-refractivity contribution >= 4 is 21.6 Å². The Labute approximate surface area is 111 Å². The quantitative estimate of drug-likeness (QED) is 0.864. The average molecular weight is 312 g/mol. The van der Waals surface area contributed by atoms with E-state index in [4.69, 9.17) is 5.73 Å². The zero-order valence-electron chi connectivity index (χ0n) is 9.65. The number of nitrogens with two attached hydrogens (primary N) is 1. The van der Waals surface area contributed by atoms with Crippen molar-refractivity contribution in [2.75, 3.05) is 5.73 Å². The molecule has 0 saturated heterocycles. The molecular weight excluding hydrogens is 301 g/mol. The fourth-order valence-electron chi connectivity index (χ4n) is 1.56. The molecule has 1 heterocycles. The molecule has 0 spiro atoms. The van der Waals surface area contributed by atoms with Crippen LogP contribution in [0.1, 0.15) is 11.3 Å². The highest BCUT2D eigenvalue weighted by atomic mass is 79.9. The summed E-state index contributed by atoms with van der Waals surface area (Å²) in [5, 5.41) is 0. The van der Waals surface area contributed by atoms with E-state index < -0.39 is 5.82 Å². The summed E-state index contributed by atoms with van der Waals surface area (Å²) in [6, 6.07) is 4.71. The molecular formula is C12H11BrFN3O. The maximum atomic E-state index is 13.7. The number of benzene rings is 1. The molecule has 1 aromatic carbocycles. The zero-order chi connectivity index (χ0) is 13.3. The Balaban J connectivity index is 2.44. The minimum Gasteiger partial charge on any atom is -0.396 e. The van der Waals surface area contributed by atoms with Gasteiger partial charge in [-0.25, -0.2) is 9.37 Å². The molecule has 94 valence electrons. The van der Waals surface area contributed by atoms with E-state index in [1.54, 1.807) is 19.1 Å². The maximum absolute atomic E-state index is 13.7. The van der Waals surface area contributed by atoms with Crippen molar-refractivity contribution in [3.05, 3.63) is 56.4 Å². The number of hydrogen-bond acceptors (Lipinski definition) is 3. The summed E-state index contributed by atoms with van der Waals surface area (Å²) >= 11 is 3.16. The lowest BCUT2D eigenvalue weighted by atomic mass is 10.2. The summed E-state index contributed by atoms with van der Waals surface area (Å²) in [4.78, 5) is 16.0. The Morgan fingerprint density at radius 2 is 2.22 bits per heavy atom. The van der Waals surface area contributed by atoms with Gasteiger partial charge in [-0.05, 0) is 28.9 Å². The lowest BCUT2D eigenvalue weighted by Crippen LogP contribution is -2.23. The van der Waals surface area contributed by atoms with Crippen LogP contribution in [0.2, 0.25) is 0 Å². The first-order chi connectivity index (χ1) is 8.50. The van der Waals surface area contributed by atoms with Crippen LogP contribution in [0, 0.1) is 12.7 Å². The standard InChI is InChI=1S/C12H11BrFN3O/c1-7-10(13)12(18)17(6-16-7)5-8-3-2-4-9(15)11(8)14/h2-4,6H,5,15H2,1H3. The fourth-order valence-corrected chi connectivity index (χ4v) is 1.89. The van der Waals surface area contributed by atoms with Gasteiger partial charge < -0.3 is 5.73 Å². The molecule has 2 aromatic rings. The molecule has 18 heavy (non-hydrogen) atoms. The molecule has 2 N–H and O–H groups in total. The van der Waals surface area contributed by atoms with Crippen LogP contribution in [0.25, 0.3) is 0 Å². The molecule has 0 aliphatic rings. The minimum absolute atomic E-state index is 0.0692. The Kier molecular flexibility index (Phi) is 3.47. The molecule has 4 nitrogen and oxygen atoms in total. The van der Waals surface area contributed by atoms with Gasteiger partial charge in [0, 0.05) is 5.56 Å². The van der Waals surface area contributed by atoms with E-state index in [1.807, 2.05) is 0 Å². The number of aromatic nitrogens is 2. The molecule has 0 aliphatic carbocycles. The van der Waals surface area contributed by atoms with Crippen LogP contribution in [0.5, 0.6) is 0 Å². The highest BCUT2D eigenvalue weighted by Crippen LogP contribution is 2.15. The van der Waals surface area contributed by atoms with E-state index >= 15 is 0 Å². The molecule has 0 radical (unpaired) electrons. The van der Waals surface area contributed by atoms with E-state index in [1.165, 1.54) is 17.0 Å². The monoisotopic (exact) mass is 311 g/mol. The third kappa shape index (κ3) is 2.28. The van der Waals surface area contributed by atoms with Gasteiger partial charge in [0.05, 0.1) is 24.3 Å². The van der Waals surface area contributed by atoms with Gasteiger partial charge in [0.1, 0.15) is 4.47 Å². The number of halogens is 2. The van der Waals surface area contributed by atoms with Crippen molar-refractivity contribution in [2.45, 2.75) is 13.5 Å². The molecule has 0 amide bonds. The topological polar surface area (TPSA) is 60.9 Å². The van der Waals surface area contributed by atoms with Crippen LogP contribution in [0.15, 0.2) is 33.8 Å². The third-order valence-electron chi connectivity index (χ3n) is 2.61. The van der Waals surface area contributed by atoms with Gasteiger partial charge in [-0.15, -0.1) is 0 Å². The van der Waals surface area contributed by atoms with Gasteiger partial charge in [-0.2, -0.15) is 0 Å². The predicted octanol–water partition coefficient (Wildman–Crippen LogP) is 2.08. The molecule has 0 aliphatic heterocycles. The Morgan fingerprint density at radius 1 is 1.50 bits per heavy atom. The van der Waals surface area contributed by atoms with Crippen molar-refractivity contribution < 1.29 is 4.39 Å². The van der Waals surface area contributed by atoms with Crippen molar-refractivity contribution in [3.8, 4) is 0 Å². The van der Waals surface area contributed by atoms with Crippen LogP contribution in [-0.2, 0) is 6.54 Å². The van der Waals surface area contributed by atoms with Gasteiger partial charge in [-0.1, -0.05) is 12.1 Å². The van der Waals surface area contributed by atoms with Crippen molar-refractivity contribution in [2.24, 2.45) is 0 Å². The number of nitrogen functional groups attached to an aromatic ring is 1. The first-order valence-corrected chi connectivity index (χ1v) is 6.04. The van der Waals surface area contributed by atoms with Gasteiger partial charge >= 0.3 is 0 Å². The van der Waals surface area contributed by atoms with Gasteiger partial charge in [0.15, 0.2) is 5.82 Å². The lowest BCUT2D eigenvalue weighted by Gasteiger charge is -2.09. The highest BCUT2D eigenvalue weighted by Gasteiger charge is 2.09. The summed E-state index contributed by atoms with van der Waals surface area (Å²) in [5.74, 6) is -0.499. The van der Waals surface area contributed by atoms with Crippen molar-refractivity contribution in [1.82, 2.24) is 9.55 Å². The number of anilines is 1. The largest absolute Gasteiger partial charge is 0.396 e.